The van der Waals surface area contributed by atoms with Gasteiger partial charge in [-0.1, -0.05) is 23.7 Å². The van der Waals surface area contributed by atoms with Crippen molar-refractivity contribution in [3.05, 3.63) is 41.4 Å². The molecule has 0 aliphatic rings. The molecule has 0 aliphatic carbocycles. The second-order valence-electron chi connectivity index (χ2n) is 5.91. The molecule has 0 saturated carbocycles. The third-order valence-electron chi connectivity index (χ3n) is 3.87. The predicted molar refractivity (Wildman–Crippen MR) is 113 cm³/mol. The van der Waals surface area contributed by atoms with E-state index in [0.29, 0.717) is 34.6 Å². The summed E-state index contributed by atoms with van der Waals surface area (Å²) in [7, 11) is -0.901. The van der Waals surface area contributed by atoms with E-state index in [9.17, 15) is 13.2 Å². The fourth-order valence-corrected chi connectivity index (χ4v) is 3.69. The molecule has 0 heterocycles. The maximum absolute atomic E-state index is 12.7. The van der Waals surface area contributed by atoms with E-state index >= 15 is 0 Å². The van der Waals surface area contributed by atoms with Crippen molar-refractivity contribution in [1.82, 2.24) is 0 Å². The van der Waals surface area contributed by atoms with Crippen LogP contribution in [0.25, 0.3) is 0 Å². The van der Waals surface area contributed by atoms with Crippen molar-refractivity contribution in [2.24, 2.45) is 0 Å². The standard InChI is InChI=1S/C19H23ClN2O6S/c1-5-28-16-9-7-6-8-15(16)22(29(4,24)25)12-19(23)21-14-11-17(26-2)13(20)10-18(14)27-3/h6-11H,5,12H2,1-4H3,(H,21,23). The largest absolute Gasteiger partial charge is 0.495 e. The normalized spacial score (nSPS) is 10.9. The number of hydrogen-bond acceptors (Lipinski definition) is 6. The number of sulfonamides is 1. The van der Waals surface area contributed by atoms with E-state index in [4.69, 9.17) is 25.8 Å². The molecule has 1 N–H and O–H groups in total. The summed E-state index contributed by atoms with van der Waals surface area (Å²) in [4.78, 5) is 12.7. The Morgan fingerprint density at radius 3 is 2.34 bits per heavy atom. The lowest BCUT2D eigenvalue weighted by atomic mass is 10.2. The fourth-order valence-electron chi connectivity index (χ4n) is 2.60. The summed E-state index contributed by atoms with van der Waals surface area (Å²) in [6.45, 7) is 1.67. The van der Waals surface area contributed by atoms with Gasteiger partial charge in [-0.2, -0.15) is 0 Å². The highest BCUT2D eigenvalue weighted by atomic mass is 35.5. The molecule has 8 nitrogen and oxygen atoms in total. The monoisotopic (exact) mass is 442 g/mol. The molecular formula is C19H23ClN2O6S. The van der Waals surface area contributed by atoms with Crippen molar-refractivity contribution < 1.29 is 27.4 Å². The predicted octanol–water partition coefficient (Wildman–Crippen LogP) is 3.16. The SMILES string of the molecule is CCOc1ccccc1N(CC(=O)Nc1cc(OC)c(Cl)cc1OC)S(C)(=O)=O. The molecule has 1 amide bonds. The first-order valence-electron chi connectivity index (χ1n) is 8.62. The number of methoxy groups -OCH3 is 2. The highest BCUT2D eigenvalue weighted by Crippen LogP contribution is 2.36. The highest BCUT2D eigenvalue weighted by molar-refractivity contribution is 7.92. The van der Waals surface area contributed by atoms with E-state index in [1.54, 1.807) is 31.2 Å². The fraction of sp³-hybridized carbons (Fsp3) is 0.316. The smallest absolute Gasteiger partial charge is 0.245 e. The van der Waals surface area contributed by atoms with Crippen LogP contribution in [0.2, 0.25) is 5.02 Å². The molecule has 0 radical (unpaired) electrons. The highest BCUT2D eigenvalue weighted by Gasteiger charge is 2.24. The van der Waals surface area contributed by atoms with E-state index in [1.807, 2.05) is 0 Å². The molecule has 0 atom stereocenters. The van der Waals surface area contributed by atoms with Crippen molar-refractivity contribution in [3.8, 4) is 17.2 Å². The zero-order chi connectivity index (χ0) is 21.6. The first kappa shape index (κ1) is 22.6. The average Bonchev–Trinajstić information content (AvgIpc) is 2.67. The summed E-state index contributed by atoms with van der Waals surface area (Å²) >= 11 is 6.07. The summed E-state index contributed by atoms with van der Waals surface area (Å²) in [5.74, 6) is 0.428. The number of rotatable bonds is 9. The van der Waals surface area contributed by atoms with Crippen molar-refractivity contribution in [2.45, 2.75) is 6.92 Å². The topological polar surface area (TPSA) is 94.2 Å². The van der Waals surface area contributed by atoms with E-state index in [1.165, 1.54) is 26.4 Å². The molecule has 0 spiro atoms. The number of carbonyl (C=O) groups is 1. The van der Waals surface area contributed by atoms with Gasteiger partial charge in [-0.25, -0.2) is 8.42 Å². The van der Waals surface area contributed by atoms with Crippen LogP contribution in [0.15, 0.2) is 36.4 Å². The van der Waals surface area contributed by atoms with Gasteiger partial charge >= 0.3 is 0 Å². The molecule has 0 unspecified atom stereocenters. The lowest BCUT2D eigenvalue weighted by molar-refractivity contribution is -0.114. The molecule has 0 aliphatic heterocycles. The molecule has 158 valence electrons. The summed E-state index contributed by atoms with van der Waals surface area (Å²) in [6.07, 6.45) is 1.02. The zero-order valence-electron chi connectivity index (χ0n) is 16.6. The summed E-state index contributed by atoms with van der Waals surface area (Å²) in [5, 5.41) is 2.95. The minimum atomic E-state index is -3.77. The van der Waals surface area contributed by atoms with Crippen LogP contribution in [-0.2, 0) is 14.8 Å². The van der Waals surface area contributed by atoms with Crippen LogP contribution >= 0.6 is 11.6 Å². The summed E-state index contributed by atoms with van der Waals surface area (Å²) in [5.41, 5.74) is 0.568. The minimum Gasteiger partial charge on any atom is -0.495 e. The maximum Gasteiger partial charge on any atom is 0.245 e. The molecule has 0 bridgehead atoms. The number of carbonyl (C=O) groups excluding carboxylic acids is 1. The number of para-hydroxylation sites is 2. The number of nitrogens with zero attached hydrogens (tertiary/aromatic N) is 1. The summed E-state index contributed by atoms with van der Waals surface area (Å²) < 4.78 is 41.6. The van der Waals surface area contributed by atoms with Crippen molar-refractivity contribution >= 4 is 38.9 Å². The number of ether oxygens (including phenoxy) is 3. The van der Waals surface area contributed by atoms with Gasteiger partial charge in [0.25, 0.3) is 0 Å². The molecule has 2 aromatic carbocycles. The van der Waals surface area contributed by atoms with Gasteiger partial charge in [-0.05, 0) is 19.1 Å². The number of hydrogen-bond donors (Lipinski definition) is 1. The van der Waals surface area contributed by atoms with Crippen LogP contribution in [0.5, 0.6) is 17.2 Å². The van der Waals surface area contributed by atoms with Gasteiger partial charge in [0.15, 0.2) is 0 Å². The molecule has 0 fully saturated rings. The van der Waals surface area contributed by atoms with Gasteiger partial charge in [0.05, 0.1) is 43.5 Å². The number of anilines is 2. The Kier molecular flexibility index (Phi) is 7.58. The van der Waals surface area contributed by atoms with Crippen LogP contribution < -0.4 is 23.8 Å². The number of amides is 1. The lowest BCUT2D eigenvalue weighted by Crippen LogP contribution is -2.37. The van der Waals surface area contributed by atoms with Gasteiger partial charge in [0, 0.05) is 12.1 Å². The van der Waals surface area contributed by atoms with Crippen LogP contribution in [0.1, 0.15) is 6.92 Å². The van der Waals surface area contributed by atoms with Crippen molar-refractivity contribution in [3.63, 3.8) is 0 Å². The molecule has 0 saturated heterocycles. The Morgan fingerprint density at radius 2 is 1.76 bits per heavy atom. The first-order chi connectivity index (χ1) is 13.7. The van der Waals surface area contributed by atoms with E-state index < -0.39 is 22.5 Å². The van der Waals surface area contributed by atoms with Gasteiger partial charge in [0.1, 0.15) is 23.8 Å². The van der Waals surface area contributed by atoms with E-state index in [2.05, 4.69) is 5.32 Å². The third-order valence-corrected chi connectivity index (χ3v) is 5.29. The number of benzene rings is 2. The van der Waals surface area contributed by atoms with Gasteiger partial charge in [-0.3, -0.25) is 9.10 Å². The van der Waals surface area contributed by atoms with Crippen molar-refractivity contribution in [2.75, 3.05) is 43.2 Å². The summed E-state index contributed by atoms with van der Waals surface area (Å²) in [6, 6.07) is 9.60. The second-order valence-corrected chi connectivity index (χ2v) is 8.22. The molecule has 2 rings (SSSR count). The quantitative estimate of drug-likeness (QED) is 0.641. The molecule has 2 aromatic rings. The van der Waals surface area contributed by atoms with Crippen molar-refractivity contribution in [1.29, 1.82) is 0 Å². The maximum atomic E-state index is 12.7. The third kappa shape index (κ3) is 5.68. The Hall–Kier alpha value is -2.65. The van der Waals surface area contributed by atoms with Gasteiger partial charge in [0.2, 0.25) is 15.9 Å². The molecule has 29 heavy (non-hydrogen) atoms. The Labute approximate surface area is 175 Å². The lowest BCUT2D eigenvalue weighted by Gasteiger charge is -2.24. The molecule has 0 aromatic heterocycles. The van der Waals surface area contributed by atoms with Crippen LogP contribution in [0.4, 0.5) is 11.4 Å². The zero-order valence-corrected chi connectivity index (χ0v) is 18.1. The first-order valence-corrected chi connectivity index (χ1v) is 10.8. The number of nitrogens with one attached hydrogen (secondary N) is 1. The minimum absolute atomic E-state index is 0.271. The Balaban J connectivity index is 2.34. The van der Waals surface area contributed by atoms with Crippen LogP contribution in [0, 0.1) is 0 Å². The van der Waals surface area contributed by atoms with E-state index in [-0.39, 0.29) is 5.69 Å². The van der Waals surface area contributed by atoms with Crippen LogP contribution in [-0.4, -0.2) is 48.0 Å². The second kappa shape index (κ2) is 9.71. The number of halogens is 1. The van der Waals surface area contributed by atoms with Gasteiger partial charge < -0.3 is 19.5 Å². The Morgan fingerprint density at radius 1 is 1.10 bits per heavy atom. The van der Waals surface area contributed by atoms with Crippen LogP contribution in [0.3, 0.4) is 0 Å². The molecular weight excluding hydrogens is 420 g/mol. The van der Waals surface area contributed by atoms with E-state index in [0.717, 1.165) is 10.6 Å². The Bertz CT molecular complexity index is 981. The average molecular weight is 443 g/mol. The van der Waals surface area contributed by atoms with Gasteiger partial charge in [-0.15, -0.1) is 0 Å². The molecule has 10 heteroatoms.